The largest absolute Gasteiger partial charge is 0.376 e. The SMILES string of the molecule is S=C1N[C@H]2Nc3ccccc3C2=NN1C[C@H]1CCCO1. The Hall–Kier alpha value is -1.66. The Labute approximate surface area is 123 Å². The number of hydrazone groups is 1. The molecule has 1 aromatic rings. The van der Waals surface area contributed by atoms with Crippen molar-refractivity contribution in [3.63, 3.8) is 0 Å². The maximum absolute atomic E-state index is 5.67. The van der Waals surface area contributed by atoms with Gasteiger partial charge >= 0.3 is 0 Å². The molecule has 3 aliphatic heterocycles. The molecule has 0 radical (unpaired) electrons. The number of nitrogens with zero attached hydrogens (tertiary/aromatic N) is 2. The molecule has 104 valence electrons. The second kappa shape index (κ2) is 4.71. The molecule has 4 rings (SSSR count). The number of fused-ring (bicyclic) bond motifs is 3. The predicted molar refractivity (Wildman–Crippen MR) is 81.8 cm³/mol. The van der Waals surface area contributed by atoms with E-state index >= 15 is 0 Å². The van der Waals surface area contributed by atoms with E-state index in [9.17, 15) is 0 Å². The number of anilines is 1. The summed E-state index contributed by atoms with van der Waals surface area (Å²) in [5.74, 6) is 0. The van der Waals surface area contributed by atoms with Crippen LogP contribution in [0.4, 0.5) is 5.69 Å². The molecule has 5 nitrogen and oxygen atoms in total. The number of hydrogen-bond donors (Lipinski definition) is 2. The molecule has 0 aromatic heterocycles. The Kier molecular flexibility index (Phi) is 2.85. The fourth-order valence-corrected chi connectivity index (χ4v) is 3.14. The van der Waals surface area contributed by atoms with E-state index in [1.165, 1.54) is 0 Å². The number of nitrogens with one attached hydrogen (secondary N) is 2. The number of rotatable bonds is 2. The van der Waals surface area contributed by atoms with Crippen molar-refractivity contribution in [3.05, 3.63) is 29.8 Å². The van der Waals surface area contributed by atoms with Crippen molar-refractivity contribution in [2.24, 2.45) is 5.10 Å². The van der Waals surface area contributed by atoms with Crippen molar-refractivity contribution in [1.29, 1.82) is 0 Å². The molecule has 0 amide bonds. The summed E-state index contributed by atoms with van der Waals surface area (Å²) in [5.41, 5.74) is 3.25. The van der Waals surface area contributed by atoms with Gasteiger partial charge in [0.05, 0.1) is 12.6 Å². The third kappa shape index (κ3) is 1.96. The summed E-state index contributed by atoms with van der Waals surface area (Å²) in [7, 11) is 0. The van der Waals surface area contributed by atoms with Crippen LogP contribution < -0.4 is 10.6 Å². The highest BCUT2D eigenvalue weighted by atomic mass is 32.1. The minimum Gasteiger partial charge on any atom is -0.376 e. The molecule has 20 heavy (non-hydrogen) atoms. The molecule has 3 aliphatic rings. The molecular weight excluding hydrogens is 272 g/mol. The van der Waals surface area contributed by atoms with Crippen LogP contribution in [0.2, 0.25) is 0 Å². The van der Waals surface area contributed by atoms with Gasteiger partial charge in [0.2, 0.25) is 0 Å². The molecule has 0 saturated carbocycles. The zero-order chi connectivity index (χ0) is 13.5. The summed E-state index contributed by atoms with van der Waals surface area (Å²) in [4.78, 5) is 0. The number of benzene rings is 1. The first-order chi connectivity index (χ1) is 9.81. The van der Waals surface area contributed by atoms with Gasteiger partial charge in [0.25, 0.3) is 0 Å². The van der Waals surface area contributed by atoms with E-state index in [-0.39, 0.29) is 12.3 Å². The molecule has 1 saturated heterocycles. The van der Waals surface area contributed by atoms with Gasteiger partial charge in [-0.05, 0) is 31.1 Å². The highest BCUT2D eigenvalue weighted by molar-refractivity contribution is 7.80. The van der Waals surface area contributed by atoms with Crippen LogP contribution in [0.15, 0.2) is 29.4 Å². The number of thiocarbonyl (C=S) groups is 1. The van der Waals surface area contributed by atoms with Crippen LogP contribution in [-0.2, 0) is 4.74 Å². The lowest BCUT2D eigenvalue weighted by Crippen LogP contribution is -2.54. The zero-order valence-electron chi connectivity index (χ0n) is 11.0. The second-order valence-corrected chi connectivity index (χ2v) is 5.66. The number of hydrogen-bond acceptors (Lipinski definition) is 4. The van der Waals surface area contributed by atoms with Gasteiger partial charge in [-0.25, -0.2) is 5.01 Å². The van der Waals surface area contributed by atoms with Gasteiger partial charge in [0, 0.05) is 17.9 Å². The van der Waals surface area contributed by atoms with E-state index in [2.05, 4.69) is 22.8 Å². The van der Waals surface area contributed by atoms with Gasteiger partial charge in [-0.1, -0.05) is 18.2 Å². The fourth-order valence-electron chi connectivity index (χ4n) is 2.91. The van der Waals surface area contributed by atoms with Crippen LogP contribution in [-0.4, -0.2) is 41.3 Å². The lowest BCUT2D eigenvalue weighted by atomic mass is 10.1. The monoisotopic (exact) mass is 288 g/mol. The van der Waals surface area contributed by atoms with Gasteiger partial charge in [-0.15, -0.1) is 0 Å². The summed E-state index contributed by atoms with van der Waals surface area (Å²) in [6, 6.07) is 8.20. The van der Waals surface area contributed by atoms with Gasteiger partial charge < -0.3 is 15.4 Å². The molecule has 2 N–H and O–H groups in total. The maximum atomic E-state index is 5.67. The van der Waals surface area contributed by atoms with Crippen LogP contribution in [0.25, 0.3) is 0 Å². The van der Waals surface area contributed by atoms with E-state index in [0.717, 1.165) is 43.0 Å². The molecule has 1 fully saturated rings. The molecule has 0 aliphatic carbocycles. The Morgan fingerprint density at radius 2 is 2.25 bits per heavy atom. The number of para-hydroxylation sites is 1. The Morgan fingerprint density at radius 3 is 3.10 bits per heavy atom. The first-order valence-electron chi connectivity index (χ1n) is 6.95. The van der Waals surface area contributed by atoms with Crippen molar-refractivity contribution in [1.82, 2.24) is 10.3 Å². The normalized spacial score (nSPS) is 27.5. The Bertz CT molecular complexity index is 582. The van der Waals surface area contributed by atoms with Gasteiger partial charge in [0.15, 0.2) is 5.11 Å². The third-order valence-electron chi connectivity index (χ3n) is 3.91. The smallest absolute Gasteiger partial charge is 0.191 e. The van der Waals surface area contributed by atoms with E-state index in [1.807, 2.05) is 17.1 Å². The first kappa shape index (κ1) is 12.1. The molecule has 6 heteroatoms. The molecular formula is C14H16N4OS. The summed E-state index contributed by atoms with van der Waals surface area (Å²) in [6.07, 6.45) is 2.44. The average Bonchev–Trinajstić information content (AvgIpc) is 3.07. The lowest BCUT2D eigenvalue weighted by molar-refractivity contribution is 0.0911. The molecule has 1 aromatic carbocycles. The summed E-state index contributed by atoms with van der Waals surface area (Å²) < 4.78 is 5.67. The third-order valence-corrected chi connectivity index (χ3v) is 4.24. The van der Waals surface area contributed by atoms with Crippen molar-refractivity contribution in [3.8, 4) is 0 Å². The van der Waals surface area contributed by atoms with Crippen molar-refractivity contribution in [2.45, 2.75) is 25.1 Å². The zero-order valence-corrected chi connectivity index (χ0v) is 11.8. The Balaban J connectivity index is 1.62. The quantitative estimate of drug-likeness (QED) is 0.808. The summed E-state index contributed by atoms with van der Waals surface area (Å²) in [5, 5.41) is 14.0. The van der Waals surface area contributed by atoms with Gasteiger partial charge in [-0.2, -0.15) is 5.10 Å². The van der Waals surface area contributed by atoms with Crippen LogP contribution in [0.3, 0.4) is 0 Å². The minimum atomic E-state index is -0.0133. The Morgan fingerprint density at radius 1 is 1.35 bits per heavy atom. The van der Waals surface area contributed by atoms with E-state index < -0.39 is 0 Å². The fraction of sp³-hybridized carbons (Fsp3) is 0.429. The highest BCUT2D eigenvalue weighted by Gasteiger charge is 2.34. The highest BCUT2D eigenvalue weighted by Crippen LogP contribution is 2.27. The van der Waals surface area contributed by atoms with Crippen molar-refractivity contribution in [2.75, 3.05) is 18.5 Å². The van der Waals surface area contributed by atoms with Crippen molar-refractivity contribution >= 4 is 28.7 Å². The topological polar surface area (TPSA) is 48.9 Å². The predicted octanol–water partition coefficient (Wildman–Crippen LogP) is 1.51. The van der Waals surface area contributed by atoms with Crippen LogP contribution >= 0.6 is 12.2 Å². The summed E-state index contributed by atoms with van der Waals surface area (Å²) in [6.45, 7) is 1.58. The first-order valence-corrected chi connectivity index (χ1v) is 7.36. The molecule has 3 heterocycles. The van der Waals surface area contributed by atoms with Crippen LogP contribution in [0.1, 0.15) is 18.4 Å². The second-order valence-electron chi connectivity index (χ2n) is 5.27. The standard InChI is InChI=1S/C14H16N4OS/c20-14-16-13-12(10-5-1-2-6-11(10)15-13)17-18(14)8-9-4-3-7-19-9/h1-2,5-6,9,13,15H,3-4,7-8H2,(H,16,20)/t9-,13-/m1/s1. The maximum Gasteiger partial charge on any atom is 0.191 e. The molecule has 2 atom stereocenters. The molecule has 0 unspecified atom stereocenters. The van der Waals surface area contributed by atoms with Gasteiger partial charge in [0.1, 0.15) is 11.9 Å². The van der Waals surface area contributed by atoms with Crippen LogP contribution in [0.5, 0.6) is 0 Å². The molecule has 0 spiro atoms. The molecule has 0 bridgehead atoms. The van der Waals surface area contributed by atoms with E-state index in [0.29, 0.717) is 5.11 Å². The van der Waals surface area contributed by atoms with Gasteiger partial charge in [-0.3, -0.25) is 0 Å². The summed E-state index contributed by atoms with van der Waals surface area (Å²) >= 11 is 5.41. The van der Waals surface area contributed by atoms with Crippen molar-refractivity contribution < 1.29 is 4.74 Å². The minimum absolute atomic E-state index is 0.0133. The lowest BCUT2D eigenvalue weighted by Gasteiger charge is -2.31. The number of ether oxygens (including phenoxy) is 1. The van der Waals surface area contributed by atoms with E-state index in [1.54, 1.807) is 0 Å². The average molecular weight is 288 g/mol. The van der Waals surface area contributed by atoms with Crippen LogP contribution in [0, 0.1) is 0 Å². The van der Waals surface area contributed by atoms with E-state index in [4.69, 9.17) is 22.1 Å².